The summed E-state index contributed by atoms with van der Waals surface area (Å²) < 4.78 is 19.3. The van der Waals surface area contributed by atoms with E-state index in [4.69, 9.17) is 19.3 Å². The minimum atomic E-state index is -2.69. The molecule has 2 unspecified atom stereocenters. The maximum Gasteiger partial charge on any atom is 0.349 e. The third-order valence-corrected chi connectivity index (χ3v) is 11.1. The summed E-state index contributed by atoms with van der Waals surface area (Å²) in [7, 11) is -2.69. The zero-order valence-corrected chi connectivity index (χ0v) is 18.4. The predicted octanol–water partition coefficient (Wildman–Crippen LogP) is 0.968. The smallest absolute Gasteiger partial charge is 0.349 e. The molecule has 4 heterocycles. The van der Waals surface area contributed by atoms with Crippen LogP contribution in [0.2, 0.25) is 10.1 Å². The first-order valence-corrected chi connectivity index (χ1v) is 11.6. The average molecular weight is 410 g/mol. The van der Waals surface area contributed by atoms with Crippen molar-refractivity contribution >= 4 is 27.1 Å². The van der Waals surface area contributed by atoms with Crippen molar-refractivity contribution in [2.24, 2.45) is 20.7 Å². The Morgan fingerprint density at radius 1 is 1.18 bits per heavy atom. The van der Waals surface area contributed by atoms with Crippen molar-refractivity contribution in [3.05, 3.63) is 0 Å². The van der Waals surface area contributed by atoms with Gasteiger partial charge < -0.3 is 29.3 Å². The second kappa shape index (κ2) is 6.33. The molecule has 28 heavy (non-hydrogen) atoms. The van der Waals surface area contributed by atoms with Gasteiger partial charge in [0.05, 0.1) is 12.9 Å². The van der Waals surface area contributed by atoms with Crippen molar-refractivity contribution in [3.63, 3.8) is 0 Å². The third-order valence-electron chi connectivity index (χ3n) is 6.01. The monoisotopic (exact) mass is 409 g/mol. The van der Waals surface area contributed by atoms with Gasteiger partial charge in [-0.1, -0.05) is 41.5 Å². The fourth-order valence-corrected chi connectivity index (χ4v) is 9.85. The van der Waals surface area contributed by atoms with Crippen molar-refractivity contribution in [2.45, 2.75) is 88.4 Å². The molecule has 3 N–H and O–H groups in total. The molecule has 0 aromatic carbocycles. The number of hydrogen-bond donors (Lipinski definition) is 2. The van der Waals surface area contributed by atoms with E-state index in [-0.39, 0.29) is 28.4 Å². The van der Waals surface area contributed by atoms with Crippen molar-refractivity contribution in [1.82, 2.24) is 4.90 Å². The lowest BCUT2D eigenvalue weighted by atomic mass is 10.1. The number of nitrogens with two attached hydrogens (primary N) is 1. The number of hydrogen-bond acceptors (Lipinski definition) is 9. The van der Waals surface area contributed by atoms with Crippen molar-refractivity contribution in [3.8, 4) is 0 Å². The van der Waals surface area contributed by atoms with Crippen LogP contribution >= 0.6 is 0 Å². The number of fused-ring (bicyclic) bond motifs is 2. The summed E-state index contributed by atoms with van der Waals surface area (Å²) in [4.78, 5) is 14.6. The highest BCUT2D eigenvalue weighted by Crippen LogP contribution is 2.55. The number of amidine groups is 1. The van der Waals surface area contributed by atoms with Gasteiger partial charge in [0.1, 0.15) is 36.5 Å². The van der Waals surface area contributed by atoms with Crippen LogP contribution in [-0.2, 0) is 13.6 Å². The summed E-state index contributed by atoms with van der Waals surface area (Å²) >= 11 is 0. The standard InChI is InChI=1S/C18H31N5O4Si/c1-17(2,3)28(18(4,5)6)25-7-10-13(27-28)12(24)16(26-10)23-9-22-11-14(19)20-8-21-15(11)23/h8-13,15-16,24H,7H2,1-6H3,(H2,19,20,21)/t10-,11?,12-,13-,15?,16-/m1/s1. The maximum atomic E-state index is 11.2. The normalized spacial score (nSPS) is 39.7. The average Bonchev–Trinajstić information content (AvgIpc) is 3.15. The van der Waals surface area contributed by atoms with Crippen LogP contribution in [0.3, 0.4) is 0 Å². The Balaban J connectivity index is 1.58. The highest BCUT2D eigenvalue weighted by molar-refractivity contribution is 6.73. The summed E-state index contributed by atoms with van der Waals surface area (Å²) in [5, 5.41) is 10.8. The molecule has 2 fully saturated rings. The van der Waals surface area contributed by atoms with Crippen LogP contribution in [0.5, 0.6) is 0 Å². The van der Waals surface area contributed by atoms with Crippen molar-refractivity contribution in [1.29, 1.82) is 0 Å². The molecule has 4 rings (SSSR count). The first-order chi connectivity index (χ1) is 13.0. The van der Waals surface area contributed by atoms with Gasteiger partial charge in [-0.2, -0.15) is 0 Å². The highest BCUT2D eigenvalue weighted by atomic mass is 28.4. The van der Waals surface area contributed by atoms with E-state index in [1.165, 1.54) is 6.34 Å². The second-order valence-corrected chi connectivity index (χ2v) is 14.7. The molecule has 2 saturated heterocycles. The van der Waals surface area contributed by atoms with Crippen molar-refractivity contribution in [2.75, 3.05) is 6.61 Å². The van der Waals surface area contributed by atoms with E-state index in [9.17, 15) is 5.11 Å². The van der Waals surface area contributed by atoms with Crippen LogP contribution in [0.15, 0.2) is 15.0 Å². The van der Waals surface area contributed by atoms with E-state index >= 15 is 0 Å². The van der Waals surface area contributed by atoms with Crippen molar-refractivity contribution < 1.29 is 18.7 Å². The number of aliphatic hydroxyl groups excluding tert-OH is 1. The molecule has 9 nitrogen and oxygen atoms in total. The molecule has 0 radical (unpaired) electrons. The molecule has 4 aliphatic heterocycles. The van der Waals surface area contributed by atoms with Crippen LogP contribution in [0.1, 0.15) is 41.5 Å². The highest BCUT2D eigenvalue weighted by Gasteiger charge is 2.65. The molecule has 0 amide bonds. The van der Waals surface area contributed by atoms with Gasteiger partial charge in [-0.25, -0.2) is 9.98 Å². The third kappa shape index (κ3) is 2.77. The van der Waals surface area contributed by atoms with Gasteiger partial charge in [0.2, 0.25) is 0 Å². The molecule has 0 bridgehead atoms. The largest absolute Gasteiger partial charge is 0.391 e. The Kier molecular flexibility index (Phi) is 4.51. The molecule has 0 aromatic heterocycles. The summed E-state index contributed by atoms with van der Waals surface area (Å²) in [5.74, 6) is 0.412. The molecular formula is C18H31N5O4Si. The van der Waals surface area contributed by atoms with Gasteiger partial charge in [-0.3, -0.25) is 4.99 Å². The van der Waals surface area contributed by atoms with Crippen LogP contribution in [0, 0.1) is 0 Å². The number of aliphatic hydroxyl groups is 1. The number of rotatable bonds is 1. The van der Waals surface area contributed by atoms with Gasteiger partial charge in [0, 0.05) is 10.1 Å². The van der Waals surface area contributed by atoms with Crippen LogP contribution < -0.4 is 5.73 Å². The van der Waals surface area contributed by atoms with E-state index in [0.29, 0.717) is 12.4 Å². The Hall–Kier alpha value is -1.33. The van der Waals surface area contributed by atoms with Gasteiger partial charge in [-0.05, 0) is 0 Å². The fraction of sp³-hybridized carbons (Fsp3) is 0.833. The summed E-state index contributed by atoms with van der Waals surface area (Å²) in [6.07, 6.45) is 0.473. The van der Waals surface area contributed by atoms with E-state index < -0.39 is 27.0 Å². The van der Waals surface area contributed by atoms with Gasteiger partial charge >= 0.3 is 8.56 Å². The predicted molar refractivity (Wildman–Crippen MR) is 109 cm³/mol. The Morgan fingerprint density at radius 2 is 1.86 bits per heavy atom. The lowest BCUT2D eigenvalue weighted by Gasteiger charge is -2.53. The summed E-state index contributed by atoms with van der Waals surface area (Å²) in [6.45, 7) is 13.3. The topological polar surface area (TPSA) is 114 Å². The molecule has 0 aromatic rings. The van der Waals surface area contributed by atoms with Gasteiger partial charge in [-0.15, -0.1) is 0 Å². The Bertz CT molecular complexity index is 714. The van der Waals surface area contributed by atoms with Crippen LogP contribution in [0.25, 0.3) is 0 Å². The summed E-state index contributed by atoms with van der Waals surface area (Å²) in [5.41, 5.74) is 5.94. The van der Waals surface area contributed by atoms with E-state index in [0.717, 1.165) is 0 Å². The second-order valence-electron chi connectivity index (χ2n) is 9.95. The first kappa shape index (κ1) is 20.0. The minimum absolute atomic E-state index is 0.160. The number of aliphatic imine (C=N–C) groups is 3. The number of ether oxygens (including phenoxy) is 1. The zero-order chi connectivity index (χ0) is 20.5. The first-order valence-electron chi connectivity index (χ1n) is 9.77. The van der Waals surface area contributed by atoms with E-state index in [2.05, 4.69) is 56.5 Å². The fourth-order valence-electron chi connectivity index (χ4n) is 4.89. The lowest BCUT2D eigenvalue weighted by Crippen LogP contribution is -2.65. The van der Waals surface area contributed by atoms with E-state index in [1.807, 2.05) is 4.90 Å². The quantitative estimate of drug-likeness (QED) is 0.624. The Labute approximate surface area is 166 Å². The maximum absolute atomic E-state index is 11.2. The molecule has 0 spiro atoms. The number of nitrogens with zero attached hydrogens (tertiary/aromatic N) is 4. The lowest BCUT2D eigenvalue weighted by molar-refractivity contribution is -0.0908. The molecule has 156 valence electrons. The zero-order valence-electron chi connectivity index (χ0n) is 17.4. The SMILES string of the molecule is CC(C)(C)[Si]1(C(C)(C)C)OC[C@H]2O[C@@H](N3C=NC4C(N)=NC=NC43)[C@H](O)[C@@H]2O1. The molecule has 0 saturated carbocycles. The van der Waals surface area contributed by atoms with Crippen LogP contribution in [-0.4, -0.2) is 80.4 Å². The van der Waals surface area contributed by atoms with Gasteiger partial charge in [0.15, 0.2) is 12.4 Å². The molecule has 4 aliphatic rings. The van der Waals surface area contributed by atoms with Gasteiger partial charge in [0.25, 0.3) is 0 Å². The molecule has 0 aliphatic carbocycles. The summed E-state index contributed by atoms with van der Waals surface area (Å²) in [6, 6.07) is -0.349. The minimum Gasteiger partial charge on any atom is -0.391 e. The molecule has 6 atom stereocenters. The molecular weight excluding hydrogens is 378 g/mol. The Morgan fingerprint density at radius 3 is 2.50 bits per heavy atom. The molecule has 10 heteroatoms. The van der Waals surface area contributed by atoms with Crippen LogP contribution in [0.4, 0.5) is 0 Å². The van der Waals surface area contributed by atoms with E-state index in [1.54, 1.807) is 6.34 Å².